The van der Waals surface area contributed by atoms with E-state index in [1.54, 1.807) is 0 Å². The molecule has 0 fully saturated rings. The fourth-order valence-electron chi connectivity index (χ4n) is 6.18. The van der Waals surface area contributed by atoms with E-state index in [0.717, 1.165) is 26.1 Å². The molecule has 6 aromatic rings. The zero-order valence-electron chi connectivity index (χ0n) is 26.3. The number of nitrogens with zero attached hydrogens (tertiary/aromatic N) is 1. The number of hydrogen-bond acceptors (Lipinski definition) is 1. The monoisotopic (exact) mass is 595 g/mol. The molecular formula is C45H41N. The Labute approximate surface area is 274 Å². The summed E-state index contributed by atoms with van der Waals surface area (Å²) >= 11 is 0. The molecule has 0 aliphatic heterocycles. The molecule has 0 saturated carbocycles. The van der Waals surface area contributed by atoms with Crippen molar-refractivity contribution in [2.45, 2.75) is 12.3 Å². The third-order valence-corrected chi connectivity index (χ3v) is 8.58. The van der Waals surface area contributed by atoms with E-state index in [0.29, 0.717) is 5.92 Å². The molecule has 46 heavy (non-hydrogen) atoms. The van der Waals surface area contributed by atoms with Gasteiger partial charge in [0.2, 0.25) is 0 Å². The van der Waals surface area contributed by atoms with Gasteiger partial charge in [0.15, 0.2) is 0 Å². The van der Waals surface area contributed by atoms with Crippen LogP contribution in [0.15, 0.2) is 194 Å². The fraction of sp³-hybridized carbons (Fsp3) is 0.111. The van der Waals surface area contributed by atoms with E-state index < -0.39 is 0 Å². The molecule has 6 aromatic carbocycles. The lowest BCUT2D eigenvalue weighted by molar-refractivity contribution is 0.324. The van der Waals surface area contributed by atoms with Crippen LogP contribution in [0.4, 0.5) is 0 Å². The van der Waals surface area contributed by atoms with Gasteiger partial charge in [-0.25, -0.2) is 0 Å². The highest BCUT2D eigenvalue weighted by Gasteiger charge is 2.16. The highest BCUT2D eigenvalue weighted by molar-refractivity contribution is 5.80. The summed E-state index contributed by atoms with van der Waals surface area (Å²) in [5, 5.41) is 0. The summed E-state index contributed by atoms with van der Waals surface area (Å²) in [6.45, 7) is 2.63. The first-order chi connectivity index (χ1) is 22.8. The Morgan fingerprint density at radius 1 is 0.391 bits per heavy atom. The first kappa shape index (κ1) is 30.8. The third kappa shape index (κ3) is 8.27. The molecule has 0 heterocycles. The topological polar surface area (TPSA) is 3.24 Å². The molecule has 6 rings (SSSR count). The molecule has 0 aliphatic carbocycles. The van der Waals surface area contributed by atoms with Gasteiger partial charge in [0.05, 0.1) is 0 Å². The van der Waals surface area contributed by atoms with Gasteiger partial charge < -0.3 is 0 Å². The van der Waals surface area contributed by atoms with Crippen LogP contribution in [-0.4, -0.2) is 24.5 Å². The van der Waals surface area contributed by atoms with Crippen LogP contribution in [0.3, 0.4) is 0 Å². The molecule has 0 aromatic heterocycles. The Bertz CT molecular complexity index is 1580. The second kappa shape index (κ2) is 16.2. The Balaban J connectivity index is 1.35. The second-order valence-electron chi connectivity index (χ2n) is 11.6. The highest BCUT2D eigenvalue weighted by atomic mass is 15.1. The zero-order valence-corrected chi connectivity index (χ0v) is 26.3. The molecular weight excluding hydrogens is 555 g/mol. The zero-order chi connectivity index (χ0) is 31.2. The minimum atomic E-state index is 0.322. The van der Waals surface area contributed by atoms with Crippen LogP contribution in [0.25, 0.3) is 11.1 Å². The molecule has 0 unspecified atom stereocenters. The van der Waals surface area contributed by atoms with E-state index in [1.165, 1.54) is 44.5 Å². The van der Waals surface area contributed by atoms with E-state index in [2.05, 4.69) is 199 Å². The summed E-state index contributed by atoms with van der Waals surface area (Å²) in [5.74, 6) is 0.322. The van der Waals surface area contributed by atoms with E-state index in [-0.39, 0.29) is 0 Å². The molecule has 0 saturated heterocycles. The Kier molecular flexibility index (Phi) is 10.8. The van der Waals surface area contributed by atoms with Crippen LogP contribution < -0.4 is 0 Å². The molecule has 1 nitrogen and oxygen atoms in total. The molecule has 226 valence electrons. The lowest BCUT2D eigenvalue weighted by Gasteiger charge is -2.25. The van der Waals surface area contributed by atoms with Crippen molar-refractivity contribution >= 4 is 11.1 Å². The molecule has 0 atom stereocenters. The normalized spacial score (nSPS) is 10.9. The summed E-state index contributed by atoms with van der Waals surface area (Å²) < 4.78 is 0. The molecule has 0 bridgehead atoms. The molecule has 0 N–H and O–H groups in total. The lowest BCUT2D eigenvalue weighted by Crippen LogP contribution is -2.27. The van der Waals surface area contributed by atoms with Crippen molar-refractivity contribution in [1.29, 1.82) is 0 Å². The van der Waals surface area contributed by atoms with Gasteiger partial charge in [-0.05, 0) is 57.5 Å². The smallest absolute Gasteiger partial charge is 0.0175 e. The van der Waals surface area contributed by atoms with Crippen LogP contribution in [-0.2, 0) is 0 Å². The largest absolute Gasteiger partial charge is 0.296 e. The minimum absolute atomic E-state index is 0.322. The number of benzene rings is 6. The maximum absolute atomic E-state index is 2.59. The predicted octanol–water partition coefficient (Wildman–Crippen LogP) is 10.8. The lowest BCUT2D eigenvalue weighted by atomic mass is 9.88. The summed E-state index contributed by atoms with van der Waals surface area (Å²) in [6.07, 6.45) is 5.86. The molecule has 1 heteroatoms. The van der Waals surface area contributed by atoms with Gasteiger partial charge >= 0.3 is 0 Å². The summed E-state index contributed by atoms with van der Waals surface area (Å²) in [7, 11) is 0. The van der Waals surface area contributed by atoms with Crippen LogP contribution in [0, 0.1) is 0 Å². The quantitative estimate of drug-likeness (QED) is 0.128. The summed E-state index contributed by atoms with van der Waals surface area (Å²) in [6, 6.07) is 65.0. The summed E-state index contributed by atoms with van der Waals surface area (Å²) in [5.41, 5.74) is 10.2. The van der Waals surface area contributed by atoms with Crippen molar-refractivity contribution in [3.8, 4) is 0 Å². The van der Waals surface area contributed by atoms with E-state index in [9.17, 15) is 0 Å². The van der Waals surface area contributed by atoms with Gasteiger partial charge in [-0.3, -0.25) is 4.90 Å². The van der Waals surface area contributed by atoms with Gasteiger partial charge in [-0.1, -0.05) is 194 Å². The Hall–Kier alpha value is -5.24. The van der Waals surface area contributed by atoms with Crippen molar-refractivity contribution in [3.05, 3.63) is 228 Å². The molecule has 0 spiro atoms. The van der Waals surface area contributed by atoms with E-state index >= 15 is 0 Å². The Morgan fingerprint density at radius 3 is 0.978 bits per heavy atom. The average Bonchev–Trinajstić information content (AvgIpc) is 3.14. The van der Waals surface area contributed by atoms with Crippen LogP contribution in [0.1, 0.15) is 45.7 Å². The van der Waals surface area contributed by atoms with Gasteiger partial charge in [-0.2, -0.15) is 0 Å². The maximum atomic E-state index is 2.59. The van der Waals surface area contributed by atoms with Crippen molar-refractivity contribution in [3.63, 3.8) is 0 Å². The summed E-state index contributed by atoms with van der Waals surface area (Å²) in [4.78, 5) is 2.59. The molecule has 0 aliphatic rings. The van der Waals surface area contributed by atoms with E-state index in [4.69, 9.17) is 0 Å². The number of rotatable bonds is 13. The highest BCUT2D eigenvalue weighted by Crippen LogP contribution is 2.29. The minimum Gasteiger partial charge on any atom is -0.296 e. The van der Waals surface area contributed by atoms with Crippen molar-refractivity contribution < 1.29 is 0 Å². The first-order valence-electron chi connectivity index (χ1n) is 16.3. The number of hydrogen-bond donors (Lipinski definition) is 0. The standard InChI is InChI=1S/C45H41N/c1-7-19-37(20-8-1)43(38-21-9-2-10-22-38)31-34-46(35-32-44(39-23-11-3-12-24-39)40-25-13-4-14-26-40)36-33-45(41-27-15-5-16-28-41)42-29-17-6-18-30-42/h1-32,45H,33-36H2. The maximum Gasteiger partial charge on any atom is 0.0175 e. The second-order valence-corrected chi connectivity index (χ2v) is 11.6. The predicted molar refractivity (Wildman–Crippen MR) is 196 cm³/mol. The van der Waals surface area contributed by atoms with Crippen molar-refractivity contribution in [1.82, 2.24) is 4.90 Å². The molecule has 0 amide bonds. The van der Waals surface area contributed by atoms with Crippen LogP contribution in [0.5, 0.6) is 0 Å². The van der Waals surface area contributed by atoms with Crippen LogP contribution >= 0.6 is 0 Å². The van der Waals surface area contributed by atoms with Crippen molar-refractivity contribution in [2.24, 2.45) is 0 Å². The van der Waals surface area contributed by atoms with Gasteiger partial charge in [-0.15, -0.1) is 0 Å². The van der Waals surface area contributed by atoms with Gasteiger partial charge in [0.25, 0.3) is 0 Å². The van der Waals surface area contributed by atoms with Crippen LogP contribution in [0.2, 0.25) is 0 Å². The van der Waals surface area contributed by atoms with Crippen molar-refractivity contribution in [2.75, 3.05) is 19.6 Å². The fourth-order valence-corrected chi connectivity index (χ4v) is 6.18. The average molecular weight is 596 g/mol. The first-order valence-corrected chi connectivity index (χ1v) is 16.3. The van der Waals surface area contributed by atoms with Gasteiger partial charge in [0.1, 0.15) is 0 Å². The third-order valence-electron chi connectivity index (χ3n) is 8.58. The molecule has 0 radical (unpaired) electrons. The van der Waals surface area contributed by atoms with Gasteiger partial charge in [0, 0.05) is 19.0 Å². The Morgan fingerprint density at radius 2 is 0.674 bits per heavy atom. The van der Waals surface area contributed by atoms with E-state index in [1.807, 2.05) is 0 Å². The SMILES string of the molecule is C(CN(CC=C(c1ccccc1)c1ccccc1)CCC(c1ccccc1)c1ccccc1)=C(c1ccccc1)c1ccccc1.